The highest BCUT2D eigenvalue weighted by atomic mass is 32.1. The first-order valence-corrected chi connectivity index (χ1v) is 8.27. The first kappa shape index (κ1) is 17.3. The van der Waals surface area contributed by atoms with Crippen molar-refractivity contribution in [2.45, 2.75) is 12.6 Å². The second kappa shape index (κ2) is 7.14. The lowest BCUT2D eigenvalue weighted by molar-refractivity contribution is -0.141. The van der Waals surface area contributed by atoms with Gasteiger partial charge in [0.05, 0.1) is 5.01 Å². The molecule has 0 amide bonds. The Bertz CT molecular complexity index is 822. The molecule has 0 saturated heterocycles. The number of thiazole rings is 1. The number of anilines is 1. The molecule has 0 aliphatic heterocycles. The van der Waals surface area contributed by atoms with Crippen molar-refractivity contribution in [3.05, 3.63) is 52.9 Å². The lowest BCUT2D eigenvalue weighted by atomic mass is 10.2. The van der Waals surface area contributed by atoms with Crippen LogP contribution in [-0.4, -0.2) is 33.5 Å². The first-order valence-electron chi connectivity index (χ1n) is 7.39. The number of hydrogen-bond acceptors (Lipinski definition) is 6. The molecule has 3 heterocycles. The molecule has 0 unspecified atom stereocenters. The van der Waals surface area contributed by atoms with Crippen molar-refractivity contribution in [3.63, 3.8) is 0 Å². The normalized spacial score (nSPS) is 11.5. The molecule has 130 valence electrons. The largest absolute Gasteiger partial charge is 0.433 e. The summed E-state index contributed by atoms with van der Waals surface area (Å²) in [4.78, 5) is 17.7. The summed E-state index contributed by atoms with van der Waals surface area (Å²) >= 11 is 1.51. The summed E-state index contributed by atoms with van der Waals surface area (Å²) in [5.41, 5.74) is -0.541. The Kier molecular flexibility index (Phi) is 4.93. The predicted molar refractivity (Wildman–Crippen MR) is 89.4 cm³/mol. The Morgan fingerprint density at radius 2 is 2.04 bits per heavy atom. The van der Waals surface area contributed by atoms with E-state index in [-0.39, 0.29) is 11.6 Å². The van der Waals surface area contributed by atoms with E-state index in [9.17, 15) is 13.2 Å². The van der Waals surface area contributed by atoms with E-state index in [1.54, 1.807) is 30.3 Å². The van der Waals surface area contributed by atoms with Crippen molar-refractivity contribution in [3.8, 4) is 11.4 Å². The molecular formula is C16H14F3N5S. The molecule has 3 rings (SSSR count). The second-order valence-corrected chi connectivity index (χ2v) is 6.25. The third-order valence-electron chi connectivity index (χ3n) is 3.46. The summed E-state index contributed by atoms with van der Waals surface area (Å²) < 4.78 is 39.6. The molecule has 0 atom stereocenters. The fourth-order valence-electron chi connectivity index (χ4n) is 2.15. The number of likely N-dealkylation sites (N-methyl/N-ethyl adjacent to an activating group) is 1. The van der Waals surface area contributed by atoms with Crippen LogP contribution in [0.15, 0.2) is 42.2 Å². The van der Waals surface area contributed by atoms with Gasteiger partial charge in [-0.1, -0.05) is 0 Å². The van der Waals surface area contributed by atoms with Crippen molar-refractivity contribution < 1.29 is 13.2 Å². The third kappa shape index (κ3) is 4.30. The average Bonchev–Trinajstić information content (AvgIpc) is 3.13. The molecule has 0 aliphatic carbocycles. The molecule has 9 heteroatoms. The van der Waals surface area contributed by atoms with Crippen LogP contribution in [0.25, 0.3) is 11.4 Å². The molecule has 0 radical (unpaired) electrons. The van der Waals surface area contributed by atoms with Gasteiger partial charge in [-0.15, -0.1) is 11.3 Å². The standard InChI is InChI=1S/C16H14F3N5S/c1-24(7-4-14-21-6-8-25-14)13-9-12(16(17,18)19)22-15(23-13)11-3-2-5-20-10-11/h2-3,5-6,8-10H,4,7H2,1H3. The molecule has 25 heavy (non-hydrogen) atoms. The fourth-order valence-corrected chi connectivity index (χ4v) is 2.76. The maximum Gasteiger partial charge on any atom is 0.433 e. The van der Waals surface area contributed by atoms with E-state index in [0.717, 1.165) is 11.1 Å². The maximum atomic E-state index is 13.2. The van der Waals surface area contributed by atoms with Crippen LogP contribution in [-0.2, 0) is 12.6 Å². The minimum absolute atomic E-state index is 0.000904. The lowest BCUT2D eigenvalue weighted by Gasteiger charge is -2.19. The Morgan fingerprint density at radius 1 is 1.20 bits per heavy atom. The van der Waals surface area contributed by atoms with Crippen LogP contribution in [0.1, 0.15) is 10.7 Å². The molecule has 3 aromatic heterocycles. The van der Waals surface area contributed by atoms with Gasteiger partial charge in [-0.2, -0.15) is 13.2 Å². The Morgan fingerprint density at radius 3 is 2.68 bits per heavy atom. The molecule has 0 aromatic carbocycles. The smallest absolute Gasteiger partial charge is 0.359 e. The average molecular weight is 365 g/mol. The lowest BCUT2D eigenvalue weighted by Crippen LogP contribution is -2.23. The highest BCUT2D eigenvalue weighted by molar-refractivity contribution is 7.09. The number of nitrogens with zero attached hydrogens (tertiary/aromatic N) is 5. The minimum Gasteiger partial charge on any atom is -0.359 e. The van der Waals surface area contributed by atoms with E-state index in [1.165, 1.54) is 23.7 Å². The van der Waals surface area contributed by atoms with Gasteiger partial charge in [0, 0.05) is 55.6 Å². The van der Waals surface area contributed by atoms with Crippen molar-refractivity contribution in [1.29, 1.82) is 0 Å². The molecule has 0 N–H and O–H groups in total. The van der Waals surface area contributed by atoms with Crippen LogP contribution in [0.2, 0.25) is 0 Å². The zero-order valence-corrected chi connectivity index (χ0v) is 14.1. The fraction of sp³-hybridized carbons (Fsp3) is 0.250. The van der Waals surface area contributed by atoms with Crippen LogP contribution in [0.5, 0.6) is 0 Å². The van der Waals surface area contributed by atoms with Gasteiger partial charge in [-0.05, 0) is 12.1 Å². The summed E-state index contributed by atoms with van der Waals surface area (Å²) in [6.45, 7) is 0.494. The van der Waals surface area contributed by atoms with Crippen LogP contribution >= 0.6 is 11.3 Å². The molecule has 0 saturated carbocycles. The molecule has 5 nitrogen and oxygen atoms in total. The monoisotopic (exact) mass is 365 g/mol. The van der Waals surface area contributed by atoms with Crippen molar-refractivity contribution >= 4 is 17.2 Å². The number of hydrogen-bond donors (Lipinski definition) is 0. The Balaban J connectivity index is 1.91. The summed E-state index contributed by atoms with van der Waals surface area (Å²) in [7, 11) is 1.70. The summed E-state index contributed by atoms with van der Waals surface area (Å²) in [5.74, 6) is 0.205. The molecule has 0 bridgehead atoms. The minimum atomic E-state index is -4.55. The SMILES string of the molecule is CN(CCc1nccs1)c1cc(C(F)(F)F)nc(-c2cccnc2)n1. The molecule has 0 spiro atoms. The van der Waals surface area contributed by atoms with Crippen LogP contribution < -0.4 is 4.90 Å². The van der Waals surface area contributed by atoms with Crippen LogP contribution in [0, 0.1) is 0 Å². The number of rotatable bonds is 5. The number of halogens is 3. The zero-order chi connectivity index (χ0) is 17.9. The van der Waals surface area contributed by atoms with Crippen LogP contribution in [0.4, 0.5) is 19.0 Å². The van der Waals surface area contributed by atoms with Gasteiger partial charge in [0.2, 0.25) is 0 Å². The number of aromatic nitrogens is 4. The van der Waals surface area contributed by atoms with Crippen LogP contribution in [0.3, 0.4) is 0 Å². The topological polar surface area (TPSA) is 54.8 Å². The first-order chi connectivity index (χ1) is 11.9. The third-order valence-corrected chi connectivity index (χ3v) is 4.30. The van der Waals surface area contributed by atoms with E-state index >= 15 is 0 Å². The summed E-state index contributed by atoms with van der Waals surface area (Å²) in [5, 5.41) is 2.78. The molecule has 3 aromatic rings. The van der Waals surface area contributed by atoms with E-state index in [4.69, 9.17) is 0 Å². The summed E-state index contributed by atoms with van der Waals surface area (Å²) in [6, 6.07) is 4.22. The quantitative estimate of drug-likeness (QED) is 0.690. The molecular weight excluding hydrogens is 351 g/mol. The molecule has 0 aliphatic rings. The highest BCUT2D eigenvalue weighted by Gasteiger charge is 2.34. The zero-order valence-electron chi connectivity index (χ0n) is 13.2. The maximum absolute atomic E-state index is 13.2. The Hall–Kier alpha value is -2.55. The van der Waals surface area contributed by atoms with E-state index < -0.39 is 11.9 Å². The van der Waals surface area contributed by atoms with Crippen molar-refractivity contribution in [2.24, 2.45) is 0 Å². The van der Waals surface area contributed by atoms with Gasteiger partial charge in [0.15, 0.2) is 11.5 Å². The highest BCUT2D eigenvalue weighted by Crippen LogP contribution is 2.31. The van der Waals surface area contributed by atoms with Gasteiger partial charge >= 0.3 is 6.18 Å². The summed E-state index contributed by atoms with van der Waals surface area (Å²) in [6.07, 6.45) is 0.756. The van der Waals surface area contributed by atoms with Crippen molar-refractivity contribution in [1.82, 2.24) is 19.9 Å². The molecule has 0 fully saturated rings. The number of pyridine rings is 1. The van der Waals surface area contributed by atoms with Gasteiger partial charge in [-0.3, -0.25) is 4.98 Å². The predicted octanol–water partition coefficient (Wildman–Crippen LogP) is 3.69. The number of alkyl halides is 3. The van der Waals surface area contributed by atoms with E-state index in [0.29, 0.717) is 18.5 Å². The van der Waals surface area contributed by atoms with Gasteiger partial charge < -0.3 is 4.90 Å². The van der Waals surface area contributed by atoms with E-state index in [1.807, 2.05) is 5.38 Å². The van der Waals surface area contributed by atoms with Gasteiger partial charge in [0.25, 0.3) is 0 Å². The Labute approximate surface area is 146 Å². The van der Waals surface area contributed by atoms with Crippen molar-refractivity contribution in [2.75, 3.05) is 18.5 Å². The van der Waals surface area contributed by atoms with Gasteiger partial charge in [-0.25, -0.2) is 15.0 Å². The second-order valence-electron chi connectivity index (χ2n) is 5.27. The van der Waals surface area contributed by atoms with Gasteiger partial charge in [0.1, 0.15) is 5.82 Å². The van der Waals surface area contributed by atoms with E-state index in [2.05, 4.69) is 19.9 Å².